The van der Waals surface area contributed by atoms with Gasteiger partial charge in [0.2, 0.25) is 5.88 Å². The predicted octanol–water partition coefficient (Wildman–Crippen LogP) is 2.69. The van der Waals surface area contributed by atoms with Crippen molar-refractivity contribution >= 4 is 0 Å². The van der Waals surface area contributed by atoms with Gasteiger partial charge in [-0.1, -0.05) is 26.8 Å². The number of rotatable bonds is 2. The van der Waals surface area contributed by atoms with Crippen molar-refractivity contribution in [2.45, 2.75) is 26.2 Å². The van der Waals surface area contributed by atoms with Crippen LogP contribution in [0.3, 0.4) is 0 Å². The second-order valence-corrected chi connectivity index (χ2v) is 4.17. The Kier molecular flexibility index (Phi) is 3.68. The van der Waals surface area contributed by atoms with Crippen molar-refractivity contribution in [1.29, 1.82) is 0 Å². The highest BCUT2D eigenvalue weighted by atomic mass is 19.1. The van der Waals surface area contributed by atoms with Crippen LogP contribution in [0.5, 0.6) is 5.88 Å². The van der Waals surface area contributed by atoms with E-state index >= 15 is 0 Å². The molecule has 15 heavy (non-hydrogen) atoms. The van der Waals surface area contributed by atoms with Crippen LogP contribution in [-0.4, -0.2) is 11.6 Å². The Labute approximate surface area is 89.5 Å². The van der Waals surface area contributed by atoms with Crippen LogP contribution in [0.15, 0.2) is 18.2 Å². The summed E-state index contributed by atoms with van der Waals surface area (Å²) in [5.41, 5.74) is 0.915. The number of hydrogen-bond donors (Lipinski definition) is 0. The number of ether oxygens (including phenoxy) is 1. The van der Waals surface area contributed by atoms with E-state index in [1.54, 1.807) is 6.07 Å². The third-order valence-electron chi connectivity index (χ3n) is 1.85. The molecule has 1 rings (SSSR count). The van der Waals surface area contributed by atoms with Crippen LogP contribution in [-0.2, 0) is 5.41 Å². The SMILES string of the molecule is CC(C)(C)c1cccc(OCC#CF)n1. The summed E-state index contributed by atoms with van der Waals surface area (Å²) in [4.78, 5) is 4.30. The standard InChI is InChI=1S/C12H14FNO/c1-12(2,3)10-6-4-7-11(14-10)15-9-5-8-13/h4,6-7H,9H2,1-3H3. The molecule has 0 aliphatic heterocycles. The second kappa shape index (κ2) is 4.79. The van der Waals surface area contributed by atoms with Crippen molar-refractivity contribution < 1.29 is 9.13 Å². The van der Waals surface area contributed by atoms with E-state index in [4.69, 9.17) is 4.74 Å². The quantitative estimate of drug-likeness (QED) is 0.695. The Morgan fingerprint density at radius 1 is 1.40 bits per heavy atom. The molecule has 1 heterocycles. The summed E-state index contributed by atoms with van der Waals surface area (Å²) in [5, 5.41) is 0. The molecule has 0 saturated heterocycles. The molecular weight excluding hydrogens is 193 g/mol. The molecule has 0 spiro atoms. The number of halogens is 1. The van der Waals surface area contributed by atoms with Gasteiger partial charge < -0.3 is 4.74 Å². The second-order valence-electron chi connectivity index (χ2n) is 4.17. The first kappa shape index (κ1) is 11.5. The van der Waals surface area contributed by atoms with Gasteiger partial charge in [-0.3, -0.25) is 0 Å². The first-order chi connectivity index (χ1) is 7.04. The summed E-state index contributed by atoms with van der Waals surface area (Å²) in [6.07, 6.45) is 1.28. The van der Waals surface area contributed by atoms with E-state index in [0.29, 0.717) is 5.88 Å². The molecule has 2 nitrogen and oxygen atoms in total. The lowest BCUT2D eigenvalue weighted by atomic mass is 9.92. The molecule has 0 bridgehead atoms. The zero-order valence-electron chi connectivity index (χ0n) is 9.17. The van der Waals surface area contributed by atoms with Crippen molar-refractivity contribution in [1.82, 2.24) is 4.98 Å². The molecule has 3 heteroatoms. The van der Waals surface area contributed by atoms with Crippen LogP contribution in [0, 0.1) is 12.1 Å². The lowest BCUT2D eigenvalue weighted by Gasteiger charge is -2.17. The van der Waals surface area contributed by atoms with E-state index in [2.05, 4.69) is 31.7 Å². The minimum Gasteiger partial charge on any atom is -0.464 e. The maximum absolute atomic E-state index is 11.5. The molecule has 1 aromatic rings. The zero-order chi connectivity index (χ0) is 11.3. The smallest absolute Gasteiger partial charge is 0.214 e. The van der Waals surface area contributed by atoms with Gasteiger partial charge in [0.05, 0.1) is 0 Å². The van der Waals surface area contributed by atoms with Crippen molar-refractivity contribution in [2.75, 3.05) is 6.61 Å². The van der Waals surface area contributed by atoms with E-state index in [-0.39, 0.29) is 12.0 Å². The normalized spacial score (nSPS) is 10.4. The van der Waals surface area contributed by atoms with Gasteiger partial charge in [0.25, 0.3) is 0 Å². The summed E-state index contributed by atoms with van der Waals surface area (Å²) in [6.45, 7) is 6.23. The fourth-order valence-electron chi connectivity index (χ4n) is 1.05. The molecule has 0 saturated carbocycles. The molecule has 1 aromatic heterocycles. The molecule has 0 N–H and O–H groups in total. The van der Waals surface area contributed by atoms with E-state index in [1.165, 1.54) is 6.17 Å². The molecule has 0 amide bonds. The van der Waals surface area contributed by atoms with Crippen molar-refractivity contribution in [2.24, 2.45) is 0 Å². The lowest BCUT2D eigenvalue weighted by Crippen LogP contribution is -2.13. The average Bonchev–Trinajstić information content (AvgIpc) is 2.17. The topological polar surface area (TPSA) is 22.1 Å². The fourth-order valence-corrected chi connectivity index (χ4v) is 1.05. The first-order valence-electron chi connectivity index (χ1n) is 4.73. The fraction of sp³-hybridized carbons (Fsp3) is 0.417. The van der Waals surface area contributed by atoms with Gasteiger partial charge in [-0.25, -0.2) is 4.98 Å². The van der Waals surface area contributed by atoms with Crippen molar-refractivity contribution in [3.8, 4) is 18.0 Å². The largest absolute Gasteiger partial charge is 0.464 e. The van der Waals surface area contributed by atoms with E-state index in [1.807, 2.05) is 12.1 Å². The van der Waals surface area contributed by atoms with Gasteiger partial charge in [-0.05, 0) is 12.0 Å². The number of hydrogen-bond acceptors (Lipinski definition) is 2. The molecule has 0 atom stereocenters. The minimum absolute atomic E-state index is 0.0227. The van der Waals surface area contributed by atoms with Gasteiger partial charge in [0, 0.05) is 17.2 Å². The van der Waals surface area contributed by atoms with Crippen LogP contribution in [0.2, 0.25) is 0 Å². The molecule has 0 aromatic carbocycles. The van der Waals surface area contributed by atoms with Gasteiger partial charge >= 0.3 is 0 Å². The summed E-state index contributed by atoms with van der Waals surface area (Å²) in [6, 6.07) is 5.54. The Morgan fingerprint density at radius 3 is 2.73 bits per heavy atom. The number of aromatic nitrogens is 1. The molecule has 0 radical (unpaired) electrons. The van der Waals surface area contributed by atoms with Crippen LogP contribution in [0.25, 0.3) is 0 Å². The highest BCUT2D eigenvalue weighted by Gasteiger charge is 2.15. The van der Waals surface area contributed by atoms with Gasteiger partial charge in [-0.2, -0.15) is 0 Å². The lowest BCUT2D eigenvalue weighted by molar-refractivity contribution is 0.351. The van der Waals surface area contributed by atoms with Crippen LogP contribution in [0.1, 0.15) is 26.5 Å². The van der Waals surface area contributed by atoms with E-state index < -0.39 is 0 Å². The Hall–Kier alpha value is -1.56. The van der Waals surface area contributed by atoms with Crippen molar-refractivity contribution in [3.63, 3.8) is 0 Å². The third kappa shape index (κ3) is 3.59. The highest BCUT2D eigenvalue weighted by Crippen LogP contribution is 2.21. The van der Waals surface area contributed by atoms with Crippen LogP contribution >= 0.6 is 0 Å². The highest BCUT2D eigenvalue weighted by molar-refractivity contribution is 5.21. The summed E-state index contributed by atoms with van der Waals surface area (Å²) in [5.74, 6) is 2.65. The van der Waals surface area contributed by atoms with E-state index in [9.17, 15) is 4.39 Å². The minimum atomic E-state index is -0.0227. The van der Waals surface area contributed by atoms with Crippen molar-refractivity contribution in [3.05, 3.63) is 23.9 Å². The molecule has 0 unspecified atom stereocenters. The maximum Gasteiger partial charge on any atom is 0.214 e. The van der Waals surface area contributed by atoms with Crippen LogP contribution in [0.4, 0.5) is 4.39 Å². The zero-order valence-corrected chi connectivity index (χ0v) is 9.17. The number of pyridine rings is 1. The Morgan fingerprint density at radius 2 is 2.13 bits per heavy atom. The Balaban J connectivity index is 2.77. The molecule has 80 valence electrons. The first-order valence-corrected chi connectivity index (χ1v) is 4.73. The number of nitrogens with zero attached hydrogens (tertiary/aromatic N) is 1. The van der Waals surface area contributed by atoms with Gasteiger partial charge in [0.15, 0.2) is 6.61 Å². The van der Waals surface area contributed by atoms with Gasteiger partial charge in [-0.15, -0.1) is 4.39 Å². The molecular formula is C12H14FNO. The molecule has 0 aliphatic rings. The molecule has 0 aliphatic carbocycles. The third-order valence-corrected chi connectivity index (χ3v) is 1.85. The Bertz CT molecular complexity index is 385. The van der Waals surface area contributed by atoms with Crippen LogP contribution < -0.4 is 4.74 Å². The predicted molar refractivity (Wildman–Crippen MR) is 57.3 cm³/mol. The summed E-state index contributed by atoms with van der Waals surface area (Å²) >= 11 is 0. The van der Waals surface area contributed by atoms with E-state index in [0.717, 1.165) is 5.69 Å². The summed E-state index contributed by atoms with van der Waals surface area (Å²) < 4.78 is 16.7. The molecule has 0 fully saturated rings. The summed E-state index contributed by atoms with van der Waals surface area (Å²) in [7, 11) is 0. The average molecular weight is 207 g/mol. The monoisotopic (exact) mass is 207 g/mol. The van der Waals surface area contributed by atoms with Gasteiger partial charge in [0.1, 0.15) is 6.17 Å². The maximum atomic E-state index is 11.5.